The third-order valence-corrected chi connectivity index (χ3v) is 4.77. The Bertz CT molecular complexity index is 761. The first-order chi connectivity index (χ1) is 13.6. The lowest BCUT2D eigenvalue weighted by molar-refractivity contribution is 0.0983. The Balaban J connectivity index is 1.50. The highest BCUT2D eigenvalue weighted by atomic mass is 16.6. The number of anilines is 2. The van der Waals surface area contributed by atoms with Gasteiger partial charge >= 0.3 is 6.09 Å². The second kappa shape index (κ2) is 9.92. The maximum Gasteiger partial charge on any atom is 0.409 e. The minimum Gasteiger partial charge on any atom is -0.450 e. The quantitative estimate of drug-likeness (QED) is 0.762. The Kier molecular flexibility index (Phi) is 7.06. The minimum absolute atomic E-state index is 0.224. The van der Waals surface area contributed by atoms with Crippen molar-refractivity contribution in [2.24, 2.45) is 0 Å². The number of carbonyl (C=O) groups is 1. The minimum atomic E-state index is -0.224. The zero-order valence-corrected chi connectivity index (χ0v) is 16.6. The number of nitrogens with zero attached hydrogens (tertiary/aromatic N) is 3. The number of ether oxygens (including phenoxy) is 1. The highest BCUT2D eigenvalue weighted by molar-refractivity contribution is 5.67. The van der Waals surface area contributed by atoms with Gasteiger partial charge in [-0.3, -0.25) is 0 Å². The Morgan fingerprint density at radius 1 is 1.21 bits per heavy atom. The van der Waals surface area contributed by atoms with Crippen LogP contribution in [-0.2, 0) is 11.2 Å². The van der Waals surface area contributed by atoms with Crippen LogP contribution in [0, 0.1) is 6.92 Å². The summed E-state index contributed by atoms with van der Waals surface area (Å²) in [5.74, 6) is 1.46. The van der Waals surface area contributed by atoms with Gasteiger partial charge in [-0.15, -0.1) is 0 Å². The molecule has 150 valence electrons. The predicted octanol–water partition coefficient (Wildman–Crippen LogP) is 3.47. The second-order valence-electron chi connectivity index (χ2n) is 6.99. The zero-order valence-electron chi connectivity index (χ0n) is 16.6. The molecule has 1 amide bonds. The van der Waals surface area contributed by atoms with Crippen LogP contribution in [0.3, 0.4) is 0 Å². The van der Waals surface area contributed by atoms with E-state index in [1.165, 1.54) is 5.56 Å². The fourth-order valence-electron chi connectivity index (χ4n) is 3.31. The first kappa shape index (κ1) is 19.9. The van der Waals surface area contributed by atoms with E-state index < -0.39 is 0 Å². The highest BCUT2D eigenvalue weighted by Crippen LogP contribution is 2.17. The fraction of sp³-hybridized carbons (Fsp3) is 0.476. The third-order valence-electron chi connectivity index (χ3n) is 4.77. The third kappa shape index (κ3) is 5.84. The van der Waals surface area contributed by atoms with Crippen molar-refractivity contribution in [3.05, 3.63) is 47.7 Å². The molecule has 0 spiro atoms. The maximum atomic E-state index is 11.8. The van der Waals surface area contributed by atoms with Crippen LogP contribution in [0.4, 0.5) is 16.6 Å². The highest BCUT2D eigenvalue weighted by Gasteiger charge is 2.24. The van der Waals surface area contributed by atoms with Crippen molar-refractivity contribution in [1.29, 1.82) is 0 Å². The van der Waals surface area contributed by atoms with E-state index in [0.717, 1.165) is 37.3 Å². The molecule has 0 atom stereocenters. The lowest BCUT2D eigenvalue weighted by Gasteiger charge is -2.31. The summed E-state index contributed by atoms with van der Waals surface area (Å²) < 4.78 is 5.07. The van der Waals surface area contributed by atoms with Crippen molar-refractivity contribution >= 4 is 17.9 Å². The number of benzene rings is 1. The van der Waals surface area contributed by atoms with E-state index in [1.54, 1.807) is 4.90 Å². The number of amides is 1. The van der Waals surface area contributed by atoms with Gasteiger partial charge in [0.25, 0.3) is 0 Å². The predicted molar refractivity (Wildman–Crippen MR) is 111 cm³/mol. The molecule has 1 saturated heterocycles. The number of rotatable bonds is 7. The van der Waals surface area contributed by atoms with Crippen LogP contribution < -0.4 is 10.6 Å². The molecule has 1 aromatic heterocycles. The molecular weight excluding hydrogens is 354 g/mol. The normalized spacial score (nSPS) is 14.6. The van der Waals surface area contributed by atoms with E-state index in [0.29, 0.717) is 25.6 Å². The van der Waals surface area contributed by atoms with Crippen LogP contribution in [0.15, 0.2) is 36.4 Å². The Morgan fingerprint density at radius 2 is 1.96 bits per heavy atom. The lowest BCUT2D eigenvalue weighted by atomic mass is 10.1. The molecule has 1 aliphatic heterocycles. The van der Waals surface area contributed by atoms with Crippen LogP contribution in [0.25, 0.3) is 0 Å². The Labute approximate surface area is 166 Å². The summed E-state index contributed by atoms with van der Waals surface area (Å²) in [5.41, 5.74) is 2.22. The van der Waals surface area contributed by atoms with Crippen molar-refractivity contribution in [2.45, 2.75) is 39.2 Å². The fourth-order valence-corrected chi connectivity index (χ4v) is 3.31. The number of likely N-dealkylation sites (tertiary alicyclic amines) is 1. The molecule has 1 aliphatic rings. The molecule has 2 N–H and O–H groups in total. The molecule has 28 heavy (non-hydrogen) atoms. The van der Waals surface area contributed by atoms with Crippen molar-refractivity contribution in [3.8, 4) is 0 Å². The van der Waals surface area contributed by atoms with Gasteiger partial charge in [-0.05, 0) is 38.7 Å². The van der Waals surface area contributed by atoms with Crippen LogP contribution in [-0.4, -0.2) is 53.2 Å². The molecule has 0 aliphatic carbocycles. The summed E-state index contributed by atoms with van der Waals surface area (Å²) in [5, 5.41) is 6.81. The SMILES string of the molecule is CCOC(=O)N1CCC(Nc2nc(C)cc(NCCc3ccccc3)n2)CC1. The van der Waals surface area contributed by atoms with Crippen LogP contribution >= 0.6 is 0 Å². The zero-order chi connectivity index (χ0) is 19.8. The van der Waals surface area contributed by atoms with E-state index in [-0.39, 0.29) is 12.1 Å². The maximum absolute atomic E-state index is 11.8. The first-order valence-corrected chi connectivity index (χ1v) is 9.95. The summed E-state index contributed by atoms with van der Waals surface area (Å²) in [4.78, 5) is 22.7. The molecule has 7 heteroatoms. The van der Waals surface area contributed by atoms with Gasteiger partial charge in [-0.25, -0.2) is 9.78 Å². The first-order valence-electron chi connectivity index (χ1n) is 9.95. The standard InChI is InChI=1S/C21H29N5O2/c1-3-28-21(27)26-13-10-18(11-14-26)24-20-23-16(2)15-19(25-20)22-12-9-17-7-5-4-6-8-17/h4-8,15,18H,3,9-14H2,1-2H3,(H2,22,23,24,25). The molecule has 0 saturated carbocycles. The van der Waals surface area contributed by atoms with E-state index in [4.69, 9.17) is 4.74 Å². The average Bonchev–Trinajstić information content (AvgIpc) is 2.69. The number of aryl methyl sites for hydroxylation is 1. The number of piperidine rings is 1. The summed E-state index contributed by atoms with van der Waals surface area (Å²) in [6.45, 7) is 6.40. The largest absolute Gasteiger partial charge is 0.450 e. The van der Waals surface area contributed by atoms with Crippen molar-refractivity contribution in [1.82, 2.24) is 14.9 Å². The Morgan fingerprint density at radius 3 is 2.68 bits per heavy atom. The summed E-state index contributed by atoms with van der Waals surface area (Å²) in [7, 11) is 0. The Hall–Kier alpha value is -2.83. The van der Waals surface area contributed by atoms with E-state index in [2.05, 4.69) is 44.9 Å². The molecule has 1 fully saturated rings. The van der Waals surface area contributed by atoms with Crippen LogP contribution in [0.2, 0.25) is 0 Å². The van der Waals surface area contributed by atoms with Crippen LogP contribution in [0.1, 0.15) is 31.0 Å². The molecule has 0 bridgehead atoms. The average molecular weight is 383 g/mol. The van der Waals surface area contributed by atoms with Crippen LogP contribution in [0.5, 0.6) is 0 Å². The van der Waals surface area contributed by atoms with E-state index in [1.807, 2.05) is 26.0 Å². The lowest BCUT2D eigenvalue weighted by Crippen LogP contribution is -2.42. The molecule has 2 aromatic rings. The molecule has 1 aromatic carbocycles. The van der Waals surface area contributed by atoms with Gasteiger partial charge in [0.1, 0.15) is 5.82 Å². The van der Waals surface area contributed by atoms with E-state index >= 15 is 0 Å². The van der Waals surface area contributed by atoms with Gasteiger partial charge in [0, 0.05) is 37.4 Å². The monoisotopic (exact) mass is 383 g/mol. The van der Waals surface area contributed by atoms with Gasteiger partial charge in [-0.1, -0.05) is 30.3 Å². The smallest absolute Gasteiger partial charge is 0.409 e. The van der Waals surface area contributed by atoms with Crippen molar-refractivity contribution in [3.63, 3.8) is 0 Å². The molecule has 0 unspecified atom stereocenters. The van der Waals surface area contributed by atoms with Gasteiger partial charge in [-0.2, -0.15) is 4.98 Å². The number of nitrogens with one attached hydrogen (secondary N) is 2. The summed E-state index contributed by atoms with van der Waals surface area (Å²) >= 11 is 0. The van der Waals surface area contributed by atoms with Gasteiger partial charge in [0.15, 0.2) is 0 Å². The number of hydrogen-bond donors (Lipinski definition) is 2. The van der Waals surface area contributed by atoms with Gasteiger partial charge in [0.2, 0.25) is 5.95 Å². The molecule has 0 radical (unpaired) electrons. The number of carbonyl (C=O) groups excluding carboxylic acids is 1. The number of aromatic nitrogens is 2. The van der Waals surface area contributed by atoms with Crippen molar-refractivity contribution < 1.29 is 9.53 Å². The molecule has 2 heterocycles. The van der Waals surface area contributed by atoms with Crippen molar-refractivity contribution in [2.75, 3.05) is 36.9 Å². The number of hydrogen-bond acceptors (Lipinski definition) is 6. The van der Waals surface area contributed by atoms with Gasteiger partial charge in [0.05, 0.1) is 6.61 Å². The van der Waals surface area contributed by atoms with Gasteiger partial charge < -0.3 is 20.3 Å². The summed E-state index contributed by atoms with van der Waals surface area (Å²) in [6, 6.07) is 12.6. The second-order valence-corrected chi connectivity index (χ2v) is 6.99. The molecule has 3 rings (SSSR count). The topological polar surface area (TPSA) is 79.4 Å². The molecule has 7 nitrogen and oxygen atoms in total. The van der Waals surface area contributed by atoms with E-state index in [9.17, 15) is 4.79 Å². The molecular formula is C21H29N5O2. The summed E-state index contributed by atoms with van der Waals surface area (Å²) in [6.07, 6.45) is 2.43.